The number of hydrogen-bond acceptors (Lipinski definition) is 10. The van der Waals surface area contributed by atoms with Crippen LogP contribution in [-0.4, -0.2) is 127 Å². The zero-order valence-electron chi connectivity index (χ0n) is 28.7. The van der Waals surface area contributed by atoms with E-state index >= 15 is 0 Å². The van der Waals surface area contributed by atoms with Gasteiger partial charge >= 0.3 is 6.18 Å². The Morgan fingerprint density at radius 3 is 2.30 bits per heavy atom. The summed E-state index contributed by atoms with van der Waals surface area (Å²) in [6.45, 7) is 1.30. The van der Waals surface area contributed by atoms with Gasteiger partial charge in [-0.3, -0.25) is 14.4 Å². The number of halogens is 4. The van der Waals surface area contributed by atoms with Crippen molar-refractivity contribution in [2.75, 3.05) is 57.9 Å². The first-order valence-electron chi connectivity index (χ1n) is 16.1. The largest absolute Gasteiger partial charge is 0.554 e. The molecule has 5 heterocycles. The Hall–Kier alpha value is -5.53. The average Bonchev–Trinajstić information content (AvgIpc) is 3.79. The zero-order valence-corrected chi connectivity index (χ0v) is 29.5. The summed E-state index contributed by atoms with van der Waals surface area (Å²) >= 11 is 6.48. The zero-order chi connectivity index (χ0) is 38.8. The van der Waals surface area contributed by atoms with E-state index < -0.39 is 30.4 Å². The van der Waals surface area contributed by atoms with Crippen LogP contribution < -0.4 is 16.2 Å². The minimum absolute atomic E-state index is 0.0199. The average molecular weight is 761 g/mol. The van der Waals surface area contributed by atoms with E-state index in [9.17, 15) is 32.7 Å². The summed E-state index contributed by atoms with van der Waals surface area (Å²) in [7, 11) is 5.24. The molecule has 3 aromatic heterocycles. The minimum Gasteiger partial charge on any atom is -0.554 e. The van der Waals surface area contributed by atoms with Gasteiger partial charge in [-0.25, -0.2) is 14.6 Å². The first kappa shape index (κ1) is 38.7. The first-order valence-corrected chi connectivity index (χ1v) is 16.5. The molecule has 2 saturated heterocycles. The molecule has 0 radical (unpaired) electrons. The van der Waals surface area contributed by atoms with Crippen molar-refractivity contribution in [3.05, 3.63) is 71.0 Å². The number of benzene rings is 1. The summed E-state index contributed by atoms with van der Waals surface area (Å²) in [4.78, 5) is 59.4. The third kappa shape index (κ3) is 8.26. The lowest BCUT2D eigenvalue weighted by Gasteiger charge is -2.38. The maximum atomic E-state index is 14.0. The number of nitrogens with two attached hydrogens (primary N) is 1. The van der Waals surface area contributed by atoms with Crippen LogP contribution in [0.5, 0.6) is 0 Å². The fourth-order valence-electron chi connectivity index (χ4n) is 6.44. The normalized spacial score (nSPS) is 18.3. The van der Waals surface area contributed by atoms with Crippen molar-refractivity contribution in [1.29, 1.82) is 0 Å². The monoisotopic (exact) mass is 760 g/mol. The van der Waals surface area contributed by atoms with Crippen molar-refractivity contribution < 1.29 is 47.0 Å². The highest BCUT2D eigenvalue weighted by atomic mass is 35.5. The van der Waals surface area contributed by atoms with Crippen LogP contribution in [0.4, 0.5) is 24.5 Å². The van der Waals surface area contributed by atoms with E-state index in [0.29, 0.717) is 49.3 Å². The Balaban J connectivity index is 0.00000175. The number of amides is 3. The van der Waals surface area contributed by atoms with Crippen molar-refractivity contribution in [3.63, 3.8) is 0 Å². The minimum atomic E-state index is -4.82. The van der Waals surface area contributed by atoms with Gasteiger partial charge in [0.2, 0.25) is 0 Å². The number of hydrogen-bond donors (Lipinski definition) is 3. The standard InChI is InChI=1S/C32H34ClF3N10O4.CH2O2/c1-42-24(22-16-45(41-27(22)32(34,35)36)26-7-4-18(37)14-38-26)15-39-28(42)29(48)40-19-5-6-21(23(33)12-19)30(49)43-8-10-44(11-9-43)31(50)25-13-20(47)17-46(25,2)3;2-1-3/h4-7,12,14-16,20,25,47H,8-11,13,17,37H2,1-3H3;1H,(H,2,3)/t20-,25+;/m1./s1. The number of pyridine rings is 1. The van der Waals surface area contributed by atoms with Crippen LogP contribution in [-0.2, 0) is 22.8 Å². The number of quaternary nitrogens is 1. The highest BCUT2D eigenvalue weighted by Gasteiger charge is 2.47. The molecule has 2 aliphatic heterocycles. The molecule has 3 amide bonds. The third-order valence-electron chi connectivity index (χ3n) is 9.10. The fourth-order valence-corrected chi connectivity index (χ4v) is 6.71. The molecule has 0 saturated carbocycles. The molecule has 4 N–H and O–H groups in total. The molecule has 0 bridgehead atoms. The van der Waals surface area contributed by atoms with Gasteiger partial charge in [0.15, 0.2) is 23.4 Å². The van der Waals surface area contributed by atoms with Gasteiger partial charge in [0.25, 0.3) is 17.7 Å². The SMILES string of the molecule is Cn1c(-c2cn(-c3ccc(N)cn3)nc2C(F)(F)F)cnc1C(=O)Nc1ccc(C(=O)N2CCN(C(=O)[C@@H]3C[C@@H](O)C[N+]3(C)C)CC2)c(Cl)c1.O=C[O-]. The van der Waals surface area contributed by atoms with Gasteiger partial charge in [-0.1, -0.05) is 11.6 Å². The molecular weight excluding hydrogens is 725 g/mol. The topological polar surface area (TPSA) is 205 Å². The molecule has 4 aromatic rings. The van der Waals surface area contributed by atoms with Crippen LogP contribution >= 0.6 is 11.6 Å². The predicted octanol–water partition coefficient (Wildman–Crippen LogP) is 1.03. The maximum absolute atomic E-state index is 14.0. The molecule has 0 aliphatic carbocycles. The summed E-state index contributed by atoms with van der Waals surface area (Å²) in [6.07, 6.45) is -1.37. The highest BCUT2D eigenvalue weighted by Crippen LogP contribution is 2.37. The van der Waals surface area contributed by atoms with Gasteiger partial charge < -0.3 is 44.9 Å². The van der Waals surface area contributed by atoms with Crippen LogP contribution in [0.3, 0.4) is 0 Å². The molecule has 282 valence electrons. The molecule has 1 aromatic carbocycles. The number of nitrogens with zero attached hydrogens (tertiary/aromatic N) is 8. The number of carbonyl (C=O) groups excluding carboxylic acids is 4. The second kappa shape index (κ2) is 15.2. The Labute approximate surface area is 305 Å². The first-order chi connectivity index (χ1) is 24.9. The quantitative estimate of drug-likeness (QED) is 0.188. The van der Waals surface area contributed by atoms with E-state index in [1.165, 1.54) is 48.1 Å². The summed E-state index contributed by atoms with van der Waals surface area (Å²) in [5.41, 5.74) is 4.87. The second-order valence-corrected chi connectivity index (χ2v) is 13.4. The number of aliphatic hydroxyl groups excluding tert-OH is 1. The molecule has 0 unspecified atom stereocenters. The van der Waals surface area contributed by atoms with Crippen molar-refractivity contribution in [1.82, 2.24) is 34.1 Å². The Morgan fingerprint density at radius 2 is 1.74 bits per heavy atom. The van der Waals surface area contributed by atoms with Crippen LogP contribution in [0.1, 0.15) is 33.1 Å². The number of alkyl halides is 3. The van der Waals surface area contributed by atoms with Crippen molar-refractivity contribution in [2.24, 2.45) is 7.05 Å². The molecule has 2 aliphatic rings. The number of aliphatic hydroxyl groups is 1. The van der Waals surface area contributed by atoms with Gasteiger partial charge in [0, 0.05) is 58.0 Å². The van der Waals surface area contributed by atoms with Gasteiger partial charge in [-0.05, 0) is 30.3 Å². The number of nitrogen functional groups attached to an aromatic ring is 1. The van der Waals surface area contributed by atoms with Crippen molar-refractivity contribution in [3.8, 4) is 17.1 Å². The van der Waals surface area contributed by atoms with Crippen LogP contribution in [0.15, 0.2) is 48.9 Å². The molecule has 53 heavy (non-hydrogen) atoms. The fraction of sp³-hybridized carbons (Fsp3) is 0.364. The van der Waals surface area contributed by atoms with Gasteiger partial charge in [-0.15, -0.1) is 0 Å². The lowest BCUT2D eigenvalue weighted by atomic mass is 10.1. The van der Waals surface area contributed by atoms with Gasteiger partial charge in [0.05, 0.1) is 54.0 Å². The number of rotatable bonds is 6. The lowest BCUT2D eigenvalue weighted by Crippen LogP contribution is -2.58. The van der Waals surface area contributed by atoms with E-state index in [1.54, 1.807) is 9.80 Å². The summed E-state index contributed by atoms with van der Waals surface area (Å²) in [5, 5.41) is 24.7. The number of nitrogens with one attached hydrogen (secondary N) is 1. The van der Waals surface area contributed by atoms with Gasteiger partial charge in [-0.2, -0.15) is 18.3 Å². The molecular formula is C33H36ClF3N10O6. The van der Waals surface area contributed by atoms with Crippen molar-refractivity contribution in [2.45, 2.75) is 24.7 Å². The smallest absolute Gasteiger partial charge is 0.435 e. The number of likely N-dealkylation sites (N-methyl/N-ethyl adjacent to an activating group) is 1. The number of likely N-dealkylation sites (tertiary alicyclic amines) is 1. The Kier molecular flexibility index (Phi) is 11.1. The lowest BCUT2D eigenvalue weighted by molar-refractivity contribution is -0.894. The third-order valence-corrected chi connectivity index (χ3v) is 9.41. The molecule has 16 nitrogen and oxygen atoms in total. The van der Waals surface area contributed by atoms with Gasteiger partial charge in [0.1, 0.15) is 12.6 Å². The van der Waals surface area contributed by atoms with Crippen LogP contribution in [0.2, 0.25) is 5.02 Å². The number of imidazole rings is 1. The van der Waals surface area contributed by atoms with Crippen LogP contribution in [0, 0.1) is 0 Å². The highest BCUT2D eigenvalue weighted by molar-refractivity contribution is 6.34. The number of carbonyl (C=O) groups is 4. The molecule has 20 heteroatoms. The Bertz CT molecular complexity index is 2010. The van der Waals surface area contributed by atoms with Crippen molar-refractivity contribution >= 4 is 47.2 Å². The number of piperazine rings is 1. The molecule has 2 atom stereocenters. The molecule has 0 spiro atoms. The van der Waals surface area contributed by atoms with E-state index in [-0.39, 0.29) is 57.0 Å². The summed E-state index contributed by atoms with van der Waals surface area (Å²) in [5.74, 6) is -1.19. The van der Waals surface area contributed by atoms with E-state index in [1.807, 2.05) is 14.1 Å². The van der Waals surface area contributed by atoms with E-state index in [0.717, 1.165) is 17.1 Å². The predicted molar refractivity (Wildman–Crippen MR) is 182 cm³/mol. The molecule has 2 fully saturated rings. The second-order valence-electron chi connectivity index (χ2n) is 13.0. The number of carboxylic acid groups (broad SMARTS) is 1. The summed E-state index contributed by atoms with van der Waals surface area (Å²) < 4.78 is 44.6. The van der Waals surface area contributed by atoms with E-state index in [4.69, 9.17) is 27.2 Å². The summed E-state index contributed by atoms with van der Waals surface area (Å²) in [6, 6.07) is 6.91. The molecule has 6 rings (SSSR count). The maximum Gasteiger partial charge on any atom is 0.435 e. The van der Waals surface area contributed by atoms with E-state index in [2.05, 4.69) is 20.4 Å². The number of aromatic nitrogens is 5. The Morgan fingerprint density at radius 1 is 1.08 bits per heavy atom. The number of anilines is 2. The van der Waals surface area contributed by atoms with Crippen LogP contribution in [0.25, 0.3) is 17.1 Å².